The van der Waals surface area contributed by atoms with Crippen LogP contribution < -0.4 is 5.32 Å². The molecule has 2 aromatic rings. The van der Waals surface area contributed by atoms with Gasteiger partial charge in [0.15, 0.2) is 0 Å². The van der Waals surface area contributed by atoms with Crippen LogP contribution in [0.5, 0.6) is 0 Å². The van der Waals surface area contributed by atoms with Crippen molar-refractivity contribution in [2.75, 3.05) is 25.4 Å². The van der Waals surface area contributed by atoms with E-state index in [4.69, 9.17) is 11.6 Å². The second-order valence-electron chi connectivity index (χ2n) is 5.95. The minimum absolute atomic E-state index is 0. The van der Waals surface area contributed by atoms with E-state index >= 15 is 0 Å². The van der Waals surface area contributed by atoms with Gasteiger partial charge in [0, 0.05) is 48.8 Å². The standard InChI is InChI=1S/C19H22ClN3OS.2ClH/c20-17-7-2-1-6-16(17)18-13-21-10-11-23(18)19(24)8-12-25-14-15-5-3-4-9-22-15;;/h1-7,9,18,21H,8,10-14H2;2*1H. The Balaban J connectivity index is 0.00000182. The highest BCUT2D eigenvalue weighted by atomic mass is 35.5. The van der Waals surface area contributed by atoms with Gasteiger partial charge in [0.05, 0.1) is 11.7 Å². The normalized spacial score (nSPS) is 16.2. The van der Waals surface area contributed by atoms with E-state index in [1.807, 2.05) is 47.4 Å². The van der Waals surface area contributed by atoms with E-state index in [0.717, 1.165) is 47.4 Å². The van der Waals surface area contributed by atoms with Crippen molar-refractivity contribution in [1.29, 1.82) is 0 Å². The van der Waals surface area contributed by atoms with Gasteiger partial charge in [-0.3, -0.25) is 9.78 Å². The van der Waals surface area contributed by atoms with Crippen molar-refractivity contribution in [1.82, 2.24) is 15.2 Å². The summed E-state index contributed by atoms with van der Waals surface area (Å²) < 4.78 is 0. The molecule has 1 atom stereocenters. The third kappa shape index (κ3) is 6.84. The van der Waals surface area contributed by atoms with Crippen molar-refractivity contribution in [3.63, 3.8) is 0 Å². The van der Waals surface area contributed by atoms with Gasteiger partial charge in [0.25, 0.3) is 0 Å². The summed E-state index contributed by atoms with van der Waals surface area (Å²) in [5, 5.41) is 4.09. The Labute approximate surface area is 182 Å². The number of piperazine rings is 1. The van der Waals surface area contributed by atoms with Crippen LogP contribution in [0.1, 0.15) is 23.7 Å². The van der Waals surface area contributed by atoms with Gasteiger partial charge >= 0.3 is 0 Å². The quantitative estimate of drug-likeness (QED) is 0.666. The molecule has 8 heteroatoms. The molecule has 148 valence electrons. The van der Waals surface area contributed by atoms with Gasteiger partial charge in [-0.05, 0) is 23.8 Å². The van der Waals surface area contributed by atoms with Crippen LogP contribution in [-0.4, -0.2) is 41.2 Å². The topological polar surface area (TPSA) is 45.2 Å². The van der Waals surface area contributed by atoms with Gasteiger partial charge < -0.3 is 10.2 Å². The molecule has 1 aromatic heterocycles. The summed E-state index contributed by atoms with van der Waals surface area (Å²) in [4.78, 5) is 19.0. The fourth-order valence-electron chi connectivity index (χ4n) is 2.99. The average molecular weight is 449 g/mol. The first-order valence-electron chi connectivity index (χ1n) is 8.48. The highest BCUT2D eigenvalue weighted by molar-refractivity contribution is 7.98. The van der Waals surface area contributed by atoms with E-state index in [1.165, 1.54) is 0 Å². The average Bonchev–Trinajstić information content (AvgIpc) is 2.66. The zero-order valence-corrected chi connectivity index (χ0v) is 18.0. The monoisotopic (exact) mass is 447 g/mol. The van der Waals surface area contributed by atoms with Crippen LogP contribution in [0.15, 0.2) is 48.7 Å². The van der Waals surface area contributed by atoms with Gasteiger partial charge in [-0.2, -0.15) is 11.8 Å². The lowest BCUT2D eigenvalue weighted by molar-refractivity contribution is -0.134. The molecule has 1 aliphatic heterocycles. The molecule has 0 aliphatic carbocycles. The van der Waals surface area contributed by atoms with Crippen molar-refractivity contribution in [3.8, 4) is 0 Å². The third-order valence-corrected chi connectivity index (χ3v) is 5.60. The number of thioether (sulfide) groups is 1. The highest BCUT2D eigenvalue weighted by Crippen LogP contribution is 2.29. The van der Waals surface area contributed by atoms with Crippen molar-refractivity contribution < 1.29 is 4.79 Å². The Morgan fingerprint density at radius 1 is 1.22 bits per heavy atom. The SMILES string of the molecule is Cl.Cl.O=C(CCSCc1ccccn1)N1CCNCC1c1ccccc1Cl. The van der Waals surface area contributed by atoms with E-state index in [-0.39, 0.29) is 36.8 Å². The summed E-state index contributed by atoms with van der Waals surface area (Å²) in [5.41, 5.74) is 2.07. The molecule has 0 spiro atoms. The molecule has 1 aromatic carbocycles. The number of halogens is 3. The number of carbonyl (C=O) groups excluding carboxylic acids is 1. The summed E-state index contributed by atoms with van der Waals surface area (Å²) in [6, 6.07) is 13.7. The molecular weight excluding hydrogens is 425 g/mol. The molecule has 1 unspecified atom stereocenters. The molecule has 1 saturated heterocycles. The number of rotatable bonds is 6. The Kier molecular flexibility index (Phi) is 11.1. The molecule has 1 fully saturated rings. The Morgan fingerprint density at radius 3 is 2.74 bits per heavy atom. The maximum Gasteiger partial charge on any atom is 0.224 e. The minimum atomic E-state index is 0. The number of aromatic nitrogens is 1. The lowest BCUT2D eigenvalue weighted by Crippen LogP contribution is -2.48. The van der Waals surface area contributed by atoms with Gasteiger partial charge in [0.2, 0.25) is 5.91 Å². The van der Waals surface area contributed by atoms with Crippen LogP contribution in [0, 0.1) is 0 Å². The second kappa shape index (κ2) is 12.5. The summed E-state index contributed by atoms with van der Waals surface area (Å²) in [7, 11) is 0. The molecule has 27 heavy (non-hydrogen) atoms. The number of nitrogens with zero attached hydrogens (tertiary/aromatic N) is 2. The molecule has 2 heterocycles. The van der Waals surface area contributed by atoms with E-state index in [2.05, 4.69) is 10.3 Å². The van der Waals surface area contributed by atoms with E-state index < -0.39 is 0 Å². The third-order valence-electron chi connectivity index (χ3n) is 4.26. The van der Waals surface area contributed by atoms with E-state index in [0.29, 0.717) is 6.42 Å². The lowest BCUT2D eigenvalue weighted by atomic mass is 10.0. The number of hydrogen-bond donors (Lipinski definition) is 1. The predicted octanol–water partition coefficient (Wildman–Crippen LogP) is 4.38. The summed E-state index contributed by atoms with van der Waals surface area (Å²) in [5.74, 6) is 1.83. The van der Waals surface area contributed by atoms with E-state index in [1.54, 1.807) is 18.0 Å². The molecule has 0 saturated carbocycles. The Morgan fingerprint density at radius 2 is 2.00 bits per heavy atom. The number of pyridine rings is 1. The molecule has 0 bridgehead atoms. The fraction of sp³-hybridized carbons (Fsp3) is 0.368. The van der Waals surface area contributed by atoms with Crippen LogP contribution in [0.3, 0.4) is 0 Å². The smallest absolute Gasteiger partial charge is 0.224 e. The first kappa shape index (κ1) is 24.1. The molecule has 1 aliphatic rings. The van der Waals surface area contributed by atoms with Crippen LogP contribution >= 0.6 is 48.2 Å². The molecule has 4 nitrogen and oxygen atoms in total. The highest BCUT2D eigenvalue weighted by Gasteiger charge is 2.28. The summed E-state index contributed by atoms with van der Waals surface area (Å²) in [6.07, 6.45) is 2.34. The maximum atomic E-state index is 12.7. The first-order chi connectivity index (χ1) is 12.3. The Bertz CT molecular complexity index is 706. The number of amides is 1. The predicted molar refractivity (Wildman–Crippen MR) is 118 cm³/mol. The van der Waals surface area contributed by atoms with Crippen molar-refractivity contribution in [2.45, 2.75) is 18.2 Å². The molecule has 0 radical (unpaired) electrons. The van der Waals surface area contributed by atoms with Gasteiger partial charge in [-0.1, -0.05) is 35.9 Å². The fourth-order valence-corrected chi connectivity index (χ4v) is 4.09. The van der Waals surface area contributed by atoms with Crippen LogP contribution in [-0.2, 0) is 10.5 Å². The van der Waals surface area contributed by atoms with Gasteiger partial charge in [-0.25, -0.2) is 0 Å². The van der Waals surface area contributed by atoms with Crippen LogP contribution in [0.4, 0.5) is 0 Å². The van der Waals surface area contributed by atoms with E-state index in [9.17, 15) is 4.79 Å². The van der Waals surface area contributed by atoms with Gasteiger partial charge in [-0.15, -0.1) is 24.8 Å². The molecular formula is C19H24Cl3N3OS. The number of carbonyl (C=O) groups is 1. The first-order valence-corrected chi connectivity index (χ1v) is 10.0. The number of nitrogens with one attached hydrogen (secondary N) is 1. The maximum absolute atomic E-state index is 12.7. The second-order valence-corrected chi connectivity index (χ2v) is 7.46. The van der Waals surface area contributed by atoms with Crippen LogP contribution in [0.2, 0.25) is 5.02 Å². The zero-order chi connectivity index (χ0) is 17.5. The Hall–Kier alpha value is -0.980. The zero-order valence-electron chi connectivity index (χ0n) is 14.8. The van der Waals surface area contributed by atoms with Crippen molar-refractivity contribution in [2.24, 2.45) is 0 Å². The number of hydrogen-bond acceptors (Lipinski definition) is 4. The summed E-state index contributed by atoms with van der Waals surface area (Å²) >= 11 is 8.09. The molecule has 1 amide bonds. The van der Waals surface area contributed by atoms with Crippen molar-refractivity contribution in [3.05, 3.63) is 64.9 Å². The summed E-state index contributed by atoms with van der Waals surface area (Å²) in [6.45, 7) is 2.30. The van der Waals surface area contributed by atoms with Crippen LogP contribution in [0.25, 0.3) is 0 Å². The number of benzene rings is 1. The largest absolute Gasteiger partial charge is 0.333 e. The minimum Gasteiger partial charge on any atom is -0.333 e. The molecule has 1 N–H and O–H groups in total. The van der Waals surface area contributed by atoms with Crippen molar-refractivity contribution >= 4 is 54.1 Å². The molecule has 3 rings (SSSR count). The van der Waals surface area contributed by atoms with Gasteiger partial charge in [0.1, 0.15) is 0 Å². The lowest BCUT2D eigenvalue weighted by Gasteiger charge is -2.37.